The standard InChI is InChI=1S/C8H10N2O3/c1-2-3-6-9-5(8(12)13)4-7(11)10-6/h4H,2-3H2,1H3,(H,12,13)(H,9,10,11). The van der Waals surface area contributed by atoms with Gasteiger partial charge >= 0.3 is 5.97 Å². The highest BCUT2D eigenvalue weighted by Crippen LogP contribution is 1.95. The van der Waals surface area contributed by atoms with Gasteiger partial charge in [-0.25, -0.2) is 9.78 Å². The van der Waals surface area contributed by atoms with Crippen LogP contribution in [0.4, 0.5) is 0 Å². The summed E-state index contributed by atoms with van der Waals surface area (Å²) in [5, 5.41) is 8.59. The Kier molecular flexibility index (Phi) is 2.79. The molecule has 0 spiro atoms. The van der Waals surface area contributed by atoms with E-state index in [0.29, 0.717) is 12.2 Å². The molecule has 0 radical (unpaired) electrons. The molecule has 5 heteroatoms. The van der Waals surface area contributed by atoms with Crippen molar-refractivity contribution < 1.29 is 9.90 Å². The molecular weight excluding hydrogens is 172 g/mol. The Bertz CT molecular complexity index is 370. The fraction of sp³-hybridized carbons (Fsp3) is 0.375. The predicted molar refractivity (Wildman–Crippen MR) is 45.8 cm³/mol. The highest BCUT2D eigenvalue weighted by atomic mass is 16.4. The number of nitrogens with one attached hydrogen (secondary N) is 1. The second-order valence-electron chi connectivity index (χ2n) is 2.63. The van der Waals surface area contributed by atoms with Gasteiger partial charge in [0.1, 0.15) is 5.82 Å². The Morgan fingerprint density at radius 3 is 2.92 bits per heavy atom. The van der Waals surface area contributed by atoms with Crippen molar-refractivity contribution in [2.45, 2.75) is 19.8 Å². The zero-order valence-electron chi connectivity index (χ0n) is 7.20. The summed E-state index contributed by atoms with van der Waals surface area (Å²) in [7, 11) is 0. The molecule has 70 valence electrons. The fourth-order valence-corrected chi connectivity index (χ4v) is 0.973. The van der Waals surface area contributed by atoms with Crippen LogP contribution in [0.25, 0.3) is 0 Å². The van der Waals surface area contributed by atoms with Gasteiger partial charge in [-0.3, -0.25) is 4.79 Å². The summed E-state index contributed by atoms with van der Waals surface area (Å²) in [4.78, 5) is 27.7. The highest BCUT2D eigenvalue weighted by Gasteiger charge is 2.06. The maximum absolute atomic E-state index is 10.9. The van der Waals surface area contributed by atoms with Gasteiger partial charge in [0.15, 0.2) is 5.69 Å². The van der Waals surface area contributed by atoms with Crippen LogP contribution >= 0.6 is 0 Å². The van der Waals surface area contributed by atoms with Crippen LogP contribution in [0.15, 0.2) is 10.9 Å². The Labute approximate surface area is 74.4 Å². The third-order valence-electron chi connectivity index (χ3n) is 1.50. The van der Waals surface area contributed by atoms with Crippen molar-refractivity contribution in [3.05, 3.63) is 27.9 Å². The Balaban J connectivity index is 3.11. The molecule has 0 fully saturated rings. The smallest absolute Gasteiger partial charge is 0.354 e. The Morgan fingerprint density at radius 2 is 2.38 bits per heavy atom. The minimum Gasteiger partial charge on any atom is -0.477 e. The van der Waals surface area contributed by atoms with Gasteiger partial charge in [0.2, 0.25) is 0 Å². The lowest BCUT2D eigenvalue weighted by Gasteiger charge is -1.98. The fourth-order valence-electron chi connectivity index (χ4n) is 0.973. The van der Waals surface area contributed by atoms with Crippen molar-refractivity contribution in [2.75, 3.05) is 0 Å². The third-order valence-corrected chi connectivity index (χ3v) is 1.50. The number of aromatic amines is 1. The second kappa shape index (κ2) is 3.84. The maximum atomic E-state index is 10.9. The van der Waals surface area contributed by atoms with Gasteiger partial charge < -0.3 is 10.1 Å². The molecule has 0 bridgehead atoms. The average Bonchev–Trinajstić information content (AvgIpc) is 2.03. The molecule has 5 nitrogen and oxygen atoms in total. The number of rotatable bonds is 3. The summed E-state index contributed by atoms with van der Waals surface area (Å²) in [5.74, 6) is -0.754. The van der Waals surface area contributed by atoms with E-state index in [1.165, 1.54) is 0 Å². The van der Waals surface area contributed by atoms with Gasteiger partial charge in [-0.15, -0.1) is 0 Å². The molecule has 0 aliphatic carbocycles. The molecule has 0 saturated carbocycles. The van der Waals surface area contributed by atoms with Crippen LogP contribution in [-0.2, 0) is 6.42 Å². The summed E-state index contributed by atoms with van der Waals surface area (Å²) >= 11 is 0. The van der Waals surface area contributed by atoms with Gasteiger partial charge in [-0.1, -0.05) is 6.92 Å². The topological polar surface area (TPSA) is 83.0 Å². The number of H-pyrrole nitrogens is 1. The quantitative estimate of drug-likeness (QED) is 0.709. The van der Waals surface area contributed by atoms with Crippen molar-refractivity contribution in [1.29, 1.82) is 0 Å². The van der Waals surface area contributed by atoms with E-state index in [1.807, 2.05) is 6.92 Å². The maximum Gasteiger partial charge on any atom is 0.354 e. The van der Waals surface area contributed by atoms with E-state index in [1.54, 1.807) is 0 Å². The van der Waals surface area contributed by atoms with Crippen LogP contribution < -0.4 is 5.56 Å². The van der Waals surface area contributed by atoms with Crippen molar-refractivity contribution in [2.24, 2.45) is 0 Å². The zero-order chi connectivity index (χ0) is 9.84. The number of aromatic nitrogens is 2. The first-order valence-electron chi connectivity index (χ1n) is 3.97. The molecule has 1 heterocycles. The van der Waals surface area contributed by atoms with Gasteiger partial charge in [0.25, 0.3) is 5.56 Å². The molecule has 0 unspecified atom stereocenters. The van der Waals surface area contributed by atoms with Crippen LogP contribution in [-0.4, -0.2) is 21.0 Å². The van der Waals surface area contributed by atoms with Crippen LogP contribution in [0.1, 0.15) is 29.7 Å². The molecule has 0 atom stereocenters. The van der Waals surface area contributed by atoms with E-state index in [9.17, 15) is 9.59 Å². The first kappa shape index (κ1) is 9.44. The molecule has 1 aromatic heterocycles. The minimum absolute atomic E-state index is 0.202. The SMILES string of the molecule is CCCc1nc(C(=O)O)cc(=O)[nH]1. The number of hydrogen-bond donors (Lipinski definition) is 2. The molecule has 13 heavy (non-hydrogen) atoms. The monoisotopic (exact) mass is 182 g/mol. The van der Waals surface area contributed by atoms with E-state index in [-0.39, 0.29) is 5.69 Å². The Hall–Kier alpha value is -1.65. The lowest BCUT2D eigenvalue weighted by atomic mass is 10.3. The molecule has 2 N–H and O–H groups in total. The van der Waals surface area contributed by atoms with Crippen LogP contribution in [0, 0.1) is 0 Å². The Morgan fingerprint density at radius 1 is 1.69 bits per heavy atom. The molecule has 0 saturated heterocycles. The largest absolute Gasteiger partial charge is 0.477 e. The van der Waals surface area contributed by atoms with E-state index < -0.39 is 11.5 Å². The molecule has 0 aromatic carbocycles. The summed E-state index contributed by atoms with van der Waals surface area (Å²) in [5.41, 5.74) is -0.622. The van der Waals surface area contributed by atoms with Gasteiger partial charge in [-0.2, -0.15) is 0 Å². The summed E-state index contributed by atoms with van der Waals surface area (Å²) in [6.45, 7) is 1.92. The normalized spacial score (nSPS) is 9.92. The van der Waals surface area contributed by atoms with Crippen LogP contribution in [0.3, 0.4) is 0 Å². The zero-order valence-corrected chi connectivity index (χ0v) is 7.20. The minimum atomic E-state index is -1.18. The van der Waals surface area contributed by atoms with Crippen LogP contribution in [0.2, 0.25) is 0 Å². The number of carbonyl (C=O) groups is 1. The predicted octanol–water partition coefficient (Wildman–Crippen LogP) is 0.421. The third kappa shape index (κ3) is 2.40. The van der Waals surface area contributed by atoms with E-state index >= 15 is 0 Å². The van der Waals surface area contributed by atoms with Crippen molar-refractivity contribution >= 4 is 5.97 Å². The van der Waals surface area contributed by atoms with Crippen LogP contribution in [0.5, 0.6) is 0 Å². The number of hydrogen-bond acceptors (Lipinski definition) is 3. The lowest BCUT2D eigenvalue weighted by Crippen LogP contribution is -2.15. The first-order chi connectivity index (χ1) is 6.13. The van der Waals surface area contributed by atoms with E-state index in [2.05, 4.69) is 9.97 Å². The molecule has 1 aromatic rings. The van der Waals surface area contributed by atoms with Crippen molar-refractivity contribution in [3.8, 4) is 0 Å². The first-order valence-corrected chi connectivity index (χ1v) is 3.97. The second-order valence-corrected chi connectivity index (χ2v) is 2.63. The van der Waals surface area contributed by atoms with Gasteiger partial charge in [0, 0.05) is 12.5 Å². The summed E-state index contributed by atoms with van der Waals surface area (Å²) < 4.78 is 0. The van der Waals surface area contributed by atoms with Gasteiger partial charge in [-0.05, 0) is 6.42 Å². The molecular formula is C8H10N2O3. The van der Waals surface area contributed by atoms with Crippen molar-refractivity contribution in [3.63, 3.8) is 0 Å². The molecule has 0 amide bonds. The molecule has 0 aliphatic heterocycles. The van der Waals surface area contributed by atoms with E-state index in [4.69, 9.17) is 5.11 Å². The number of aromatic carboxylic acids is 1. The number of carboxylic acids is 1. The number of aryl methyl sites for hydroxylation is 1. The van der Waals surface area contributed by atoms with Crippen molar-refractivity contribution in [1.82, 2.24) is 9.97 Å². The summed E-state index contributed by atoms with van der Waals surface area (Å²) in [6.07, 6.45) is 1.39. The van der Waals surface area contributed by atoms with E-state index in [0.717, 1.165) is 12.5 Å². The molecule has 0 aliphatic rings. The number of carboxylic acid groups (broad SMARTS) is 1. The van der Waals surface area contributed by atoms with Gasteiger partial charge in [0.05, 0.1) is 0 Å². The lowest BCUT2D eigenvalue weighted by molar-refractivity contribution is 0.0689. The highest BCUT2D eigenvalue weighted by molar-refractivity contribution is 5.85. The number of nitrogens with zero attached hydrogens (tertiary/aromatic N) is 1. The molecule has 1 rings (SSSR count). The summed E-state index contributed by atoms with van der Waals surface area (Å²) in [6, 6.07) is 0.974. The average molecular weight is 182 g/mol.